The van der Waals surface area contributed by atoms with E-state index in [-0.39, 0.29) is 4.90 Å². The van der Waals surface area contributed by atoms with Gasteiger partial charge in [-0.15, -0.1) is 0 Å². The molecular weight excluding hydrogens is 286 g/mol. The molecule has 2 rings (SSSR count). The van der Waals surface area contributed by atoms with E-state index in [2.05, 4.69) is 9.71 Å². The smallest absolute Gasteiger partial charge is 0.263 e. The molecular formula is C15H19N3O2S. The number of nitrogens with zero attached hydrogens (tertiary/aromatic N) is 1. The number of nitrogens with one attached hydrogen (secondary N) is 1. The van der Waals surface area contributed by atoms with Gasteiger partial charge in [0.25, 0.3) is 10.0 Å². The normalized spacial score (nSPS) is 11.4. The van der Waals surface area contributed by atoms with Crippen molar-refractivity contribution in [3.8, 4) is 0 Å². The van der Waals surface area contributed by atoms with Gasteiger partial charge in [0.2, 0.25) is 0 Å². The maximum absolute atomic E-state index is 12.4. The molecule has 1 heterocycles. The molecule has 3 N–H and O–H groups in total. The van der Waals surface area contributed by atoms with Gasteiger partial charge in [0.05, 0.1) is 4.90 Å². The molecule has 2 aromatic rings. The molecule has 0 aliphatic carbocycles. The Morgan fingerprint density at radius 3 is 2.48 bits per heavy atom. The molecule has 21 heavy (non-hydrogen) atoms. The summed E-state index contributed by atoms with van der Waals surface area (Å²) in [6.07, 6.45) is 0.762. The Balaban J connectivity index is 2.36. The number of aryl methyl sites for hydroxylation is 3. The van der Waals surface area contributed by atoms with E-state index in [1.807, 2.05) is 26.8 Å². The van der Waals surface area contributed by atoms with E-state index in [1.165, 1.54) is 6.07 Å². The quantitative estimate of drug-likeness (QED) is 0.850. The zero-order valence-electron chi connectivity index (χ0n) is 12.3. The van der Waals surface area contributed by atoms with Crippen LogP contribution in [0.15, 0.2) is 35.2 Å². The summed E-state index contributed by atoms with van der Waals surface area (Å²) in [5, 5.41) is 0. The molecule has 0 aliphatic heterocycles. The van der Waals surface area contributed by atoms with Gasteiger partial charge >= 0.3 is 0 Å². The van der Waals surface area contributed by atoms with E-state index in [1.54, 1.807) is 18.2 Å². The van der Waals surface area contributed by atoms with Gasteiger partial charge in [-0.3, -0.25) is 4.72 Å². The van der Waals surface area contributed by atoms with Crippen molar-refractivity contribution < 1.29 is 8.42 Å². The third-order valence-corrected chi connectivity index (χ3v) is 4.50. The fraction of sp³-hybridized carbons (Fsp3) is 0.267. The highest BCUT2D eigenvalue weighted by molar-refractivity contribution is 7.92. The summed E-state index contributed by atoms with van der Waals surface area (Å²) in [5.74, 6) is 0.311. The Hall–Kier alpha value is -2.08. The first-order chi connectivity index (χ1) is 9.81. The Kier molecular flexibility index (Phi) is 4.18. The maximum Gasteiger partial charge on any atom is 0.263 e. The number of nitrogen functional groups attached to an aromatic ring is 1. The van der Waals surface area contributed by atoms with E-state index in [0.717, 1.165) is 23.2 Å². The minimum atomic E-state index is -3.69. The van der Waals surface area contributed by atoms with Gasteiger partial charge in [-0.25, -0.2) is 13.4 Å². The van der Waals surface area contributed by atoms with Crippen LogP contribution in [0.4, 0.5) is 11.5 Å². The topological polar surface area (TPSA) is 85.1 Å². The second-order valence-corrected chi connectivity index (χ2v) is 6.67. The van der Waals surface area contributed by atoms with Crippen molar-refractivity contribution in [2.75, 3.05) is 10.5 Å². The Bertz CT molecular complexity index is 750. The van der Waals surface area contributed by atoms with Gasteiger partial charge < -0.3 is 5.73 Å². The van der Waals surface area contributed by atoms with Gasteiger partial charge in [0, 0.05) is 11.4 Å². The van der Waals surface area contributed by atoms with E-state index in [4.69, 9.17) is 5.73 Å². The highest BCUT2D eigenvalue weighted by Gasteiger charge is 2.16. The average molecular weight is 305 g/mol. The van der Waals surface area contributed by atoms with E-state index < -0.39 is 10.0 Å². The Morgan fingerprint density at radius 2 is 1.90 bits per heavy atom. The highest BCUT2D eigenvalue weighted by atomic mass is 32.2. The Labute approximate surface area is 125 Å². The molecule has 0 saturated heterocycles. The van der Waals surface area contributed by atoms with Crippen LogP contribution in [0, 0.1) is 13.8 Å². The van der Waals surface area contributed by atoms with Crippen LogP contribution in [0.1, 0.15) is 23.7 Å². The zero-order valence-corrected chi connectivity index (χ0v) is 13.2. The van der Waals surface area contributed by atoms with Crippen LogP contribution >= 0.6 is 0 Å². The number of aromatic nitrogens is 1. The molecule has 5 nitrogen and oxygen atoms in total. The second-order valence-electron chi connectivity index (χ2n) is 4.99. The average Bonchev–Trinajstić information content (AvgIpc) is 2.36. The second kappa shape index (κ2) is 5.73. The van der Waals surface area contributed by atoms with Crippen molar-refractivity contribution in [2.24, 2.45) is 0 Å². The molecule has 6 heteroatoms. The van der Waals surface area contributed by atoms with Crippen molar-refractivity contribution in [3.63, 3.8) is 0 Å². The molecule has 0 atom stereocenters. The predicted molar refractivity (Wildman–Crippen MR) is 84.8 cm³/mol. The summed E-state index contributed by atoms with van der Waals surface area (Å²) in [5.41, 5.74) is 8.98. The molecule has 112 valence electrons. The van der Waals surface area contributed by atoms with E-state index in [9.17, 15) is 8.42 Å². The number of pyridine rings is 1. The van der Waals surface area contributed by atoms with Crippen molar-refractivity contribution >= 4 is 21.5 Å². The third-order valence-electron chi connectivity index (χ3n) is 3.15. The molecule has 0 unspecified atom stereocenters. The molecule has 0 aliphatic rings. The summed E-state index contributed by atoms with van der Waals surface area (Å²) in [6, 6.07) is 8.34. The summed E-state index contributed by atoms with van der Waals surface area (Å²) in [6.45, 7) is 5.68. The molecule has 1 aromatic carbocycles. The van der Waals surface area contributed by atoms with Crippen LogP contribution in [0.5, 0.6) is 0 Å². The third kappa shape index (κ3) is 3.52. The summed E-state index contributed by atoms with van der Waals surface area (Å²) in [4.78, 5) is 4.32. The summed E-state index contributed by atoms with van der Waals surface area (Å²) in [7, 11) is -3.69. The van der Waals surface area contributed by atoms with Crippen LogP contribution in [-0.2, 0) is 16.4 Å². The minimum absolute atomic E-state index is 0.137. The van der Waals surface area contributed by atoms with Crippen LogP contribution in [0.2, 0.25) is 0 Å². The van der Waals surface area contributed by atoms with Crippen molar-refractivity contribution in [3.05, 3.63) is 47.2 Å². The molecule has 1 aromatic heterocycles. The van der Waals surface area contributed by atoms with Crippen LogP contribution in [-0.4, -0.2) is 13.4 Å². The standard InChI is InChI=1S/C15H19N3O2S/c1-4-12-5-6-13(9-14(12)16)21(19,20)18-15-8-10(2)7-11(3)17-15/h5-9H,4,16H2,1-3H3,(H,17,18). The first-order valence-electron chi connectivity index (χ1n) is 6.68. The predicted octanol–water partition coefficient (Wildman–Crippen LogP) is 2.64. The van der Waals surface area contributed by atoms with Gasteiger partial charge in [-0.2, -0.15) is 0 Å². The van der Waals surface area contributed by atoms with Gasteiger partial charge in [-0.05, 0) is 55.7 Å². The Morgan fingerprint density at radius 1 is 1.19 bits per heavy atom. The minimum Gasteiger partial charge on any atom is -0.398 e. The van der Waals surface area contributed by atoms with Crippen molar-refractivity contribution in [2.45, 2.75) is 32.1 Å². The van der Waals surface area contributed by atoms with Crippen LogP contribution < -0.4 is 10.5 Å². The number of nitrogens with two attached hydrogens (primary N) is 1. The maximum atomic E-state index is 12.4. The molecule has 0 spiro atoms. The monoisotopic (exact) mass is 305 g/mol. The molecule has 0 amide bonds. The molecule has 0 fully saturated rings. The van der Waals surface area contributed by atoms with Crippen molar-refractivity contribution in [1.29, 1.82) is 0 Å². The number of hydrogen-bond acceptors (Lipinski definition) is 4. The fourth-order valence-electron chi connectivity index (χ4n) is 2.15. The lowest BCUT2D eigenvalue weighted by Gasteiger charge is -2.10. The SMILES string of the molecule is CCc1ccc(S(=O)(=O)Nc2cc(C)cc(C)n2)cc1N. The number of rotatable bonds is 4. The first-order valence-corrected chi connectivity index (χ1v) is 8.16. The zero-order chi connectivity index (χ0) is 15.6. The van der Waals surface area contributed by atoms with Crippen LogP contribution in [0.3, 0.4) is 0 Å². The van der Waals surface area contributed by atoms with Crippen LogP contribution in [0.25, 0.3) is 0 Å². The summed E-state index contributed by atoms with van der Waals surface area (Å²) >= 11 is 0. The van der Waals surface area contributed by atoms with Gasteiger partial charge in [0.1, 0.15) is 5.82 Å². The lowest BCUT2D eigenvalue weighted by Crippen LogP contribution is -2.15. The number of hydrogen-bond donors (Lipinski definition) is 2. The largest absolute Gasteiger partial charge is 0.398 e. The fourth-order valence-corrected chi connectivity index (χ4v) is 3.18. The lowest BCUT2D eigenvalue weighted by molar-refractivity contribution is 0.601. The molecule has 0 saturated carbocycles. The van der Waals surface area contributed by atoms with E-state index in [0.29, 0.717) is 11.5 Å². The number of benzene rings is 1. The summed E-state index contributed by atoms with van der Waals surface area (Å²) < 4.78 is 27.2. The van der Waals surface area contributed by atoms with Gasteiger partial charge in [0.15, 0.2) is 0 Å². The van der Waals surface area contributed by atoms with E-state index >= 15 is 0 Å². The number of sulfonamides is 1. The first kappa shape index (κ1) is 15.3. The van der Waals surface area contributed by atoms with Crippen molar-refractivity contribution in [1.82, 2.24) is 4.98 Å². The van der Waals surface area contributed by atoms with Gasteiger partial charge in [-0.1, -0.05) is 13.0 Å². The number of anilines is 2. The molecule has 0 radical (unpaired) electrons. The molecule has 0 bridgehead atoms. The lowest BCUT2D eigenvalue weighted by atomic mass is 10.1. The highest BCUT2D eigenvalue weighted by Crippen LogP contribution is 2.21.